The lowest BCUT2D eigenvalue weighted by Crippen LogP contribution is -1.90. The Labute approximate surface area is 107 Å². The van der Waals surface area contributed by atoms with Crippen LogP contribution < -0.4 is 0 Å². The SMILES string of the molecule is CCc1ccc(-c2cc(C)c(O)c(C)c2)cc1F. The molecule has 0 fully saturated rings. The number of benzene rings is 2. The number of phenolic OH excluding ortho intramolecular Hbond substituents is 1. The van der Waals surface area contributed by atoms with E-state index in [0.717, 1.165) is 27.8 Å². The number of rotatable bonds is 2. The van der Waals surface area contributed by atoms with Gasteiger partial charge in [-0.25, -0.2) is 4.39 Å². The van der Waals surface area contributed by atoms with Crippen molar-refractivity contribution in [3.8, 4) is 16.9 Å². The molecule has 0 aliphatic carbocycles. The summed E-state index contributed by atoms with van der Waals surface area (Å²) in [5, 5.41) is 9.74. The van der Waals surface area contributed by atoms with E-state index < -0.39 is 0 Å². The summed E-state index contributed by atoms with van der Waals surface area (Å²) in [5.74, 6) is 0.141. The van der Waals surface area contributed by atoms with Gasteiger partial charge in [-0.3, -0.25) is 0 Å². The Morgan fingerprint density at radius 2 is 1.61 bits per heavy atom. The number of hydrogen-bond donors (Lipinski definition) is 1. The number of aryl methyl sites for hydroxylation is 3. The molecule has 0 spiro atoms. The van der Waals surface area contributed by atoms with Crippen LogP contribution in [-0.2, 0) is 6.42 Å². The van der Waals surface area contributed by atoms with Crippen LogP contribution in [-0.4, -0.2) is 5.11 Å². The third-order valence-corrected chi connectivity index (χ3v) is 3.26. The monoisotopic (exact) mass is 244 g/mol. The lowest BCUT2D eigenvalue weighted by Gasteiger charge is -2.09. The normalized spacial score (nSPS) is 10.7. The summed E-state index contributed by atoms with van der Waals surface area (Å²) >= 11 is 0. The van der Waals surface area contributed by atoms with Gasteiger partial charge in [-0.1, -0.05) is 19.1 Å². The fourth-order valence-electron chi connectivity index (χ4n) is 2.14. The maximum Gasteiger partial charge on any atom is 0.127 e. The predicted octanol–water partition coefficient (Wildman–Crippen LogP) is 4.38. The zero-order chi connectivity index (χ0) is 13.3. The second-order valence-corrected chi connectivity index (χ2v) is 4.62. The molecule has 0 amide bonds. The zero-order valence-electron chi connectivity index (χ0n) is 10.9. The molecule has 0 bridgehead atoms. The van der Waals surface area contributed by atoms with Crippen LogP contribution in [0.4, 0.5) is 4.39 Å². The molecular formula is C16H17FO. The maximum atomic E-state index is 13.8. The summed E-state index contributed by atoms with van der Waals surface area (Å²) < 4.78 is 13.8. The van der Waals surface area contributed by atoms with Crippen molar-refractivity contribution in [2.75, 3.05) is 0 Å². The fraction of sp³-hybridized carbons (Fsp3) is 0.250. The Hall–Kier alpha value is -1.83. The van der Waals surface area contributed by atoms with Crippen LogP contribution in [0.1, 0.15) is 23.6 Å². The number of phenols is 1. The quantitative estimate of drug-likeness (QED) is 0.831. The minimum absolute atomic E-state index is 0.168. The third kappa shape index (κ3) is 2.23. The van der Waals surface area contributed by atoms with Gasteiger partial charge in [0.15, 0.2) is 0 Å². The average molecular weight is 244 g/mol. The van der Waals surface area contributed by atoms with E-state index in [0.29, 0.717) is 12.2 Å². The van der Waals surface area contributed by atoms with Crippen molar-refractivity contribution in [3.63, 3.8) is 0 Å². The highest BCUT2D eigenvalue weighted by Crippen LogP contribution is 2.29. The molecule has 94 valence electrons. The molecular weight excluding hydrogens is 227 g/mol. The van der Waals surface area contributed by atoms with Crippen molar-refractivity contribution in [2.45, 2.75) is 27.2 Å². The molecule has 0 aromatic heterocycles. The molecule has 0 radical (unpaired) electrons. The topological polar surface area (TPSA) is 20.2 Å². The van der Waals surface area contributed by atoms with Gasteiger partial charge in [-0.2, -0.15) is 0 Å². The van der Waals surface area contributed by atoms with Gasteiger partial charge in [-0.05, 0) is 66.3 Å². The van der Waals surface area contributed by atoms with Gasteiger partial charge >= 0.3 is 0 Å². The molecule has 0 saturated heterocycles. The van der Waals surface area contributed by atoms with E-state index in [4.69, 9.17) is 0 Å². The first-order valence-corrected chi connectivity index (χ1v) is 6.12. The minimum Gasteiger partial charge on any atom is -0.507 e. The van der Waals surface area contributed by atoms with Crippen LogP contribution >= 0.6 is 0 Å². The summed E-state index contributed by atoms with van der Waals surface area (Å²) in [6, 6.07) is 9.06. The smallest absolute Gasteiger partial charge is 0.127 e. The van der Waals surface area contributed by atoms with Crippen molar-refractivity contribution in [3.05, 3.63) is 52.8 Å². The Morgan fingerprint density at radius 1 is 1.00 bits per heavy atom. The molecule has 2 heteroatoms. The number of halogens is 1. The highest BCUT2D eigenvalue weighted by molar-refractivity contribution is 5.67. The summed E-state index contributed by atoms with van der Waals surface area (Å²) in [5.41, 5.74) is 4.13. The van der Waals surface area contributed by atoms with E-state index in [1.165, 1.54) is 0 Å². The van der Waals surface area contributed by atoms with E-state index in [2.05, 4.69) is 0 Å². The van der Waals surface area contributed by atoms with Crippen molar-refractivity contribution in [1.29, 1.82) is 0 Å². The van der Waals surface area contributed by atoms with Crippen LogP contribution in [0, 0.1) is 19.7 Å². The van der Waals surface area contributed by atoms with Gasteiger partial charge < -0.3 is 5.11 Å². The lowest BCUT2D eigenvalue weighted by atomic mass is 9.98. The van der Waals surface area contributed by atoms with Crippen LogP contribution in [0.5, 0.6) is 5.75 Å². The maximum absolute atomic E-state index is 13.8. The van der Waals surface area contributed by atoms with Crippen molar-refractivity contribution >= 4 is 0 Å². The van der Waals surface area contributed by atoms with Crippen LogP contribution in [0.25, 0.3) is 11.1 Å². The van der Waals surface area contributed by atoms with E-state index in [-0.39, 0.29) is 5.82 Å². The highest BCUT2D eigenvalue weighted by atomic mass is 19.1. The molecule has 1 N–H and O–H groups in total. The van der Waals surface area contributed by atoms with Gasteiger partial charge in [0.25, 0.3) is 0 Å². The highest BCUT2D eigenvalue weighted by Gasteiger charge is 2.07. The first-order valence-electron chi connectivity index (χ1n) is 6.12. The van der Waals surface area contributed by atoms with Gasteiger partial charge in [0.05, 0.1) is 0 Å². The lowest BCUT2D eigenvalue weighted by molar-refractivity contribution is 0.467. The minimum atomic E-state index is -0.168. The van der Waals surface area contributed by atoms with Gasteiger partial charge in [-0.15, -0.1) is 0 Å². The number of hydrogen-bond acceptors (Lipinski definition) is 1. The fourth-order valence-corrected chi connectivity index (χ4v) is 2.14. The first-order chi connectivity index (χ1) is 8.52. The average Bonchev–Trinajstić information content (AvgIpc) is 2.35. The van der Waals surface area contributed by atoms with Gasteiger partial charge in [0, 0.05) is 0 Å². The molecule has 18 heavy (non-hydrogen) atoms. The molecule has 2 aromatic rings. The standard InChI is InChI=1S/C16H17FO/c1-4-12-5-6-13(9-15(12)17)14-7-10(2)16(18)11(3)8-14/h5-9,18H,4H2,1-3H3. The molecule has 1 nitrogen and oxygen atoms in total. The van der Waals surface area contributed by atoms with E-state index >= 15 is 0 Å². The molecule has 0 saturated carbocycles. The van der Waals surface area contributed by atoms with Crippen LogP contribution in [0.2, 0.25) is 0 Å². The summed E-state index contributed by atoms with van der Waals surface area (Å²) in [4.78, 5) is 0. The summed E-state index contributed by atoms with van der Waals surface area (Å²) in [7, 11) is 0. The molecule has 2 aromatic carbocycles. The van der Waals surface area contributed by atoms with Crippen LogP contribution in [0.3, 0.4) is 0 Å². The molecule has 0 unspecified atom stereocenters. The Kier molecular flexibility index (Phi) is 3.37. The van der Waals surface area contributed by atoms with E-state index in [1.807, 2.05) is 45.0 Å². The molecule has 0 heterocycles. The van der Waals surface area contributed by atoms with Crippen LogP contribution in [0.15, 0.2) is 30.3 Å². The van der Waals surface area contributed by atoms with Crippen molar-refractivity contribution in [2.24, 2.45) is 0 Å². The summed E-state index contributed by atoms with van der Waals surface area (Å²) in [6.07, 6.45) is 0.694. The predicted molar refractivity (Wildman–Crippen MR) is 72.4 cm³/mol. The first kappa shape index (κ1) is 12.6. The Balaban J connectivity index is 2.52. The van der Waals surface area contributed by atoms with Gasteiger partial charge in [0.1, 0.15) is 11.6 Å². The van der Waals surface area contributed by atoms with E-state index in [9.17, 15) is 9.50 Å². The number of aromatic hydroxyl groups is 1. The Morgan fingerprint density at radius 3 is 2.11 bits per heavy atom. The third-order valence-electron chi connectivity index (χ3n) is 3.26. The largest absolute Gasteiger partial charge is 0.507 e. The molecule has 0 atom stereocenters. The molecule has 0 aliphatic rings. The Bertz CT molecular complexity index is 565. The molecule has 2 rings (SSSR count). The zero-order valence-corrected chi connectivity index (χ0v) is 10.9. The second kappa shape index (κ2) is 4.81. The second-order valence-electron chi connectivity index (χ2n) is 4.62. The summed E-state index contributed by atoms with van der Waals surface area (Å²) in [6.45, 7) is 5.64. The van der Waals surface area contributed by atoms with Gasteiger partial charge in [0.2, 0.25) is 0 Å². The van der Waals surface area contributed by atoms with E-state index in [1.54, 1.807) is 6.07 Å². The van der Waals surface area contributed by atoms with Crippen molar-refractivity contribution < 1.29 is 9.50 Å². The van der Waals surface area contributed by atoms with Crippen molar-refractivity contribution in [1.82, 2.24) is 0 Å². The molecule has 0 aliphatic heterocycles.